The highest BCUT2D eigenvalue weighted by Crippen LogP contribution is 2.31. The molecule has 30 heavy (non-hydrogen) atoms. The largest absolute Gasteiger partial charge is 0.334 e. The van der Waals surface area contributed by atoms with Crippen molar-refractivity contribution in [2.45, 2.75) is 31.6 Å². The third-order valence-electron chi connectivity index (χ3n) is 4.82. The standard InChI is InChI=1S/C24H23N3O2S/c1-15(2)23-26-24(29-27-23)20-10-6-7-16(3)22(20)25-21(28)14-30-19-12-11-17-8-4-5-9-18(17)13-19/h4-13,15H,14H2,1-3H3,(H,25,28). The van der Waals surface area contributed by atoms with Crippen LogP contribution in [0.15, 0.2) is 70.1 Å². The first-order valence-corrected chi connectivity index (χ1v) is 10.8. The van der Waals surface area contributed by atoms with Gasteiger partial charge in [-0.05, 0) is 41.5 Å². The number of carbonyl (C=O) groups excluding carboxylic acids is 1. The Morgan fingerprint density at radius 3 is 2.63 bits per heavy atom. The van der Waals surface area contributed by atoms with Crippen molar-refractivity contribution in [3.8, 4) is 11.5 Å². The summed E-state index contributed by atoms with van der Waals surface area (Å²) in [5, 5.41) is 9.43. The summed E-state index contributed by atoms with van der Waals surface area (Å²) in [5.41, 5.74) is 2.39. The van der Waals surface area contributed by atoms with Gasteiger partial charge in [0.05, 0.1) is 17.0 Å². The summed E-state index contributed by atoms with van der Waals surface area (Å²) in [7, 11) is 0. The van der Waals surface area contributed by atoms with Crippen LogP contribution in [0.4, 0.5) is 5.69 Å². The van der Waals surface area contributed by atoms with Crippen LogP contribution < -0.4 is 5.32 Å². The van der Waals surface area contributed by atoms with Crippen LogP contribution in [0.2, 0.25) is 0 Å². The van der Waals surface area contributed by atoms with Crippen LogP contribution in [0.3, 0.4) is 0 Å². The zero-order valence-electron chi connectivity index (χ0n) is 17.2. The molecule has 1 heterocycles. The van der Waals surface area contributed by atoms with Crippen molar-refractivity contribution in [3.63, 3.8) is 0 Å². The Morgan fingerprint density at radius 1 is 1.07 bits per heavy atom. The molecule has 0 saturated carbocycles. The number of nitrogens with one attached hydrogen (secondary N) is 1. The van der Waals surface area contributed by atoms with Gasteiger partial charge in [-0.25, -0.2) is 0 Å². The predicted octanol–water partition coefficient (Wildman–Crippen LogP) is 6.05. The molecule has 152 valence electrons. The molecule has 1 N–H and O–H groups in total. The van der Waals surface area contributed by atoms with E-state index in [1.54, 1.807) is 0 Å². The van der Waals surface area contributed by atoms with Crippen molar-refractivity contribution in [1.29, 1.82) is 0 Å². The van der Waals surface area contributed by atoms with Crippen molar-refractivity contribution in [2.24, 2.45) is 0 Å². The molecule has 4 aromatic rings. The van der Waals surface area contributed by atoms with Gasteiger partial charge in [0.25, 0.3) is 5.89 Å². The van der Waals surface area contributed by atoms with Crippen LogP contribution in [0.1, 0.15) is 31.2 Å². The second-order valence-corrected chi connectivity index (χ2v) is 8.50. The van der Waals surface area contributed by atoms with Crippen LogP contribution in [-0.4, -0.2) is 21.8 Å². The average Bonchev–Trinajstić information content (AvgIpc) is 3.24. The lowest BCUT2D eigenvalue weighted by Gasteiger charge is -2.12. The molecule has 0 saturated heterocycles. The molecule has 0 aliphatic carbocycles. The average molecular weight is 418 g/mol. The minimum absolute atomic E-state index is 0.0766. The van der Waals surface area contributed by atoms with E-state index >= 15 is 0 Å². The van der Waals surface area contributed by atoms with Crippen molar-refractivity contribution in [3.05, 3.63) is 72.1 Å². The fourth-order valence-electron chi connectivity index (χ4n) is 3.17. The lowest BCUT2D eigenvalue weighted by Crippen LogP contribution is -2.15. The first kappa shape index (κ1) is 20.2. The van der Waals surface area contributed by atoms with Crippen LogP contribution in [0.5, 0.6) is 0 Å². The Kier molecular flexibility index (Phi) is 5.86. The lowest BCUT2D eigenvalue weighted by molar-refractivity contribution is -0.113. The number of rotatable bonds is 6. The molecule has 0 atom stereocenters. The number of aryl methyl sites for hydroxylation is 1. The van der Waals surface area contributed by atoms with Crippen LogP contribution >= 0.6 is 11.8 Å². The van der Waals surface area contributed by atoms with Gasteiger partial charge in [-0.3, -0.25) is 4.79 Å². The summed E-state index contributed by atoms with van der Waals surface area (Å²) in [5.74, 6) is 1.47. The molecule has 0 aliphatic heterocycles. The normalized spacial score (nSPS) is 11.2. The number of amides is 1. The number of para-hydroxylation sites is 1. The van der Waals surface area contributed by atoms with Gasteiger partial charge in [-0.2, -0.15) is 4.98 Å². The number of carbonyl (C=O) groups is 1. The van der Waals surface area contributed by atoms with Gasteiger partial charge in [0.1, 0.15) is 0 Å². The quantitative estimate of drug-likeness (QED) is 0.387. The summed E-state index contributed by atoms with van der Waals surface area (Å²) in [6.07, 6.45) is 0. The van der Waals surface area contributed by atoms with Gasteiger partial charge in [0.2, 0.25) is 5.91 Å². The number of hydrogen-bond acceptors (Lipinski definition) is 5. The number of anilines is 1. The summed E-state index contributed by atoms with van der Waals surface area (Å²) in [6.45, 7) is 5.98. The molecule has 1 amide bonds. The maximum absolute atomic E-state index is 12.7. The highest BCUT2D eigenvalue weighted by molar-refractivity contribution is 8.00. The number of thioether (sulfide) groups is 1. The minimum Gasteiger partial charge on any atom is -0.334 e. The molecule has 0 bridgehead atoms. The van der Waals surface area contributed by atoms with Gasteiger partial charge in [0.15, 0.2) is 5.82 Å². The van der Waals surface area contributed by atoms with Crippen molar-refractivity contribution < 1.29 is 9.32 Å². The van der Waals surface area contributed by atoms with E-state index < -0.39 is 0 Å². The minimum atomic E-state index is -0.0766. The van der Waals surface area contributed by atoms with E-state index in [-0.39, 0.29) is 11.8 Å². The summed E-state index contributed by atoms with van der Waals surface area (Å²) in [6, 6.07) is 20.2. The zero-order chi connectivity index (χ0) is 21.1. The molecule has 0 radical (unpaired) electrons. The molecule has 5 nitrogen and oxygen atoms in total. The Morgan fingerprint density at radius 2 is 1.87 bits per heavy atom. The second-order valence-electron chi connectivity index (χ2n) is 7.46. The summed E-state index contributed by atoms with van der Waals surface area (Å²) in [4.78, 5) is 18.2. The molecular formula is C24H23N3O2S. The Bertz CT molecular complexity index is 1200. The molecule has 6 heteroatoms. The van der Waals surface area contributed by atoms with E-state index in [4.69, 9.17) is 4.52 Å². The topological polar surface area (TPSA) is 68.0 Å². The fourth-order valence-corrected chi connectivity index (χ4v) is 3.92. The van der Waals surface area contributed by atoms with Gasteiger partial charge in [-0.1, -0.05) is 61.5 Å². The van der Waals surface area contributed by atoms with Crippen LogP contribution in [0, 0.1) is 6.92 Å². The summed E-state index contributed by atoms with van der Waals surface area (Å²) >= 11 is 1.51. The van der Waals surface area contributed by atoms with Crippen molar-refractivity contribution in [1.82, 2.24) is 10.1 Å². The van der Waals surface area contributed by atoms with E-state index in [2.05, 4.69) is 39.7 Å². The number of nitrogens with zero attached hydrogens (tertiary/aromatic N) is 2. The number of fused-ring (bicyclic) bond motifs is 1. The number of hydrogen-bond donors (Lipinski definition) is 1. The number of aromatic nitrogens is 2. The molecule has 4 rings (SSSR count). The Hall–Kier alpha value is -3.12. The van der Waals surface area contributed by atoms with Gasteiger partial charge >= 0.3 is 0 Å². The van der Waals surface area contributed by atoms with Gasteiger partial charge in [-0.15, -0.1) is 11.8 Å². The molecule has 1 aromatic heterocycles. The van der Waals surface area contributed by atoms with E-state index in [1.165, 1.54) is 22.5 Å². The molecule has 0 fully saturated rings. The van der Waals surface area contributed by atoms with Gasteiger partial charge in [0, 0.05) is 10.8 Å². The first-order chi connectivity index (χ1) is 14.5. The second kappa shape index (κ2) is 8.71. The maximum Gasteiger partial charge on any atom is 0.260 e. The van der Waals surface area contributed by atoms with E-state index in [0.717, 1.165) is 16.0 Å². The Balaban J connectivity index is 1.49. The highest BCUT2D eigenvalue weighted by atomic mass is 32.2. The fraction of sp³-hybridized carbons (Fsp3) is 0.208. The first-order valence-electron chi connectivity index (χ1n) is 9.86. The lowest BCUT2D eigenvalue weighted by atomic mass is 10.1. The SMILES string of the molecule is Cc1cccc(-c2nc(C(C)C)no2)c1NC(=O)CSc1ccc2ccccc2c1. The van der Waals surface area contributed by atoms with E-state index in [1.807, 2.05) is 57.2 Å². The predicted molar refractivity (Wildman–Crippen MR) is 122 cm³/mol. The smallest absolute Gasteiger partial charge is 0.260 e. The third kappa shape index (κ3) is 4.39. The van der Waals surface area contributed by atoms with Crippen LogP contribution in [-0.2, 0) is 4.79 Å². The molecular weight excluding hydrogens is 394 g/mol. The van der Waals surface area contributed by atoms with E-state index in [9.17, 15) is 4.79 Å². The third-order valence-corrected chi connectivity index (χ3v) is 5.81. The molecule has 0 aliphatic rings. The molecule has 3 aromatic carbocycles. The zero-order valence-corrected chi connectivity index (χ0v) is 18.0. The summed E-state index contributed by atoms with van der Waals surface area (Å²) < 4.78 is 5.44. The van der Waals surface area contributed by atoms with Crippen LogP contribution in [0.25, 0.3) is 22.2 Å². The Labute approximate surface area is 179 Å². The monoisotopic (exact) mass is 417 g/mol. The highest BCUT2D eigenvalue weighted by Gasteiger charge is 2.17. The van der Waals surface area contributed by atoms with Crippen molar-refractivity contribution >= 4 is 34.1 Å². The maximum atomic E-state index is 12.7. The van der Waals surface area contributed by atoms with E-state index in [0.29, 0.717) is 23.2 Å². The van der Waals surface area contributed by atoms with Crippen molar-refractivity contribution in [2.75, 3.05) is 11.1 Å². The molecule has 0 unspecified atom stereocenters. The van der Waals surface area contributed by atoms with Gasteiger partial charge < -0.3 is 9.84 Å². The number of benzene rings is 3. The molecule has 0 spiro atoms.